The molecule has 0 bridgehead atoms. The van der Waals surface area contributed by atoms with Gasteiger partial charge in [-0.15, -0.1) is 0 Å². The minimum absolute atomic E-state index is 0.0182. The third kappa shape index (κ3) is 6.92. The van der Waals surface area contributed by atoms with Crippen molar-refractivity contribution >= 4 is 11.9 Å². The molecule has 20 heavy (non-hydrogen) atoms. The zero-order valence-corrected chi connectivity index (χ0v) is 12.5. The Morgan fingerprint density at radius 1 is 1.35 bits per heavy atom. The van der Waals surface area contributed by atoms with E-state index in [1.165, 1.54) is 0 Å². The molecule has 112 valence electrons. The Balaban J connectivity index is 2.24. The standard InChI is InChI=1S/C14H23N3O3/c1-11(9-17-8-7-15-10-17)16-12(18)5-6-13(19)20-14(2,3)4/h7-8,10-11H,5-6,9H2,1-4H3,(H,16,18). The van der Waals surface area contributed by atoms with Crippen molar-refractivity contribution < 1.29 is 14.3 Å². The van der Waals surface area contributed by atoms with Crippen molar-refractivity contribution in [2.45, 2.75) is 58.7 Å². The number of hydrogen-bond acceptors (Lipinski definition) is 4. The lowest BCUT2D eigenvalue weighted by Gasteiger charge is -2.19. The Hall–Kier alpha value is -1.85. The number of aromatic nitrogens is 2. The van der Waals surface area contributed by atoms with E-state index in [2.05, 4.69) is 10.3 Å². The van der Waals surface area contributed by atoms with Crippen molar-refractivity contribution in [3.05, 3.63) is 18.7 Å². The maximum Gasteiger partial charge on any atom is 0.306 e. The summed E-state index contributed by atoms with van der Waals surface area (Å²) < 4.78 is 7.03. The van der Waals surface area contributed by atoms with Gasteiger partial charge in [-0.05, 0) is 27.7 Å². The van der Waals surface area contributed by atoms with Gasteiger partial charge < -0.3 is 14.6 Å². The number of rotatable bonds is 6. The molecule has 0 fully saturated rings. The van der Waals surface area contributed by atoms with Crippen molar-refractivity contribution in [1.29, 1.82) is 0 Å². The van der Waals surface area contributed by atoms with Crippen LogP contribution in [0.1, 0.15) is 40.5 Å². The quantitative estimate of drug-likeness (QED) is 0.802. The van der Waals surface area contributed by atoms with Gasteiger partial charge in [-0.1, -0.05) is 0 Å². The van der Waals surface area contributed by atoms with E-state index in [1.807, 2.05) is 17.7 Å². The Labute approximate surface area is 119 Å². The van der Waals surface area contributed by atoms with Crippen LogP contribution >= 0.6 is 0 Å². The summed E-state index contributed by atoms with van der Waals surface area (Å²) in [6, 6.07) is -0.0182. The second-order valence-electron chi connectivity index (χ2n) is 5.81. The number of imidazole rings is 1. The van der Waals surface area contributed by atoms with Gasteiger partial charge in [0.05, 0.1) is 12.7 Å². The first-order valence-electron chi connectivity index (χ1n) is 6.73. The summed E-state index contributed by atoms with van der Waals surface area (Å²) in [4.78, 5) is 27.1. The average Bonchev–Trinajstić information content (AvgIpc) is 2.76. The number of ether oxygens (including phenoxy) is 1. The number of esters is 1. The fraction of sp³-hybridized carbons (Fsp3) is 0.643. The molecule has 6 heteroatoms. The molecule has 0 aromatic carbocycles. The first-order valence-corrected chi connectivity index (χ1v) is 6.73. The largest absolute Gasteiger partial charge is 0.460 e. The summed E-state index contributed by atoms with van der Waals surface area (Å²) in [7, 11) is 0. The van der Waals surface area contributed by atoms with Gasteiger partial charge in [0.2, 0.25) is 5.91 Å². The molecule has 6 nitrogen and oxygen atoms in total. The maximum absolute atomic E-state index is 11.7. The first-order chi connectivity index (χ1) is 9.26. The average molecular weight is 281 g/mol. The molecule has 0 saturated carbocycles. The van der Waals surface area contributed by atoms with Gasteiger partial charge in [0.15, 0.2) is 0 Å². The highest BCUT2D eigenvalue weighted by molar-refractivity contribution is 5.81. The van der Waals surface area contributed by atoms with E-state index >= 15 is 0 Å². The number of amides is 1. The summed E-state index contributed by atoms with van der Waals surface area (Å²) in [5.41, 5.74) is -0.512. The molecule has 1 N–H and O–H groups in total. The molecule has 0 spiro atoms. The summed E-state index contributed by atoms with van der Waals surface area (Å²) in [6.07, 6.45) is 5.47. The lowest BCUT2D eigenvalue weighted by atomic mass is 10.2. The number of nitrogens with zero attached hydrogens (tertiary/aromatic N) is 2. The molecule has 1 aromatic rings. The maximum atomic E-state index is 11.7. The van der Waals surface area contributed by atoms with E-state index in [-0.39, 0.29) is 30.8 Å². The lowest BCUT2D eigenvalue weighted by Crippen LogP contribution is -2.35. The highest BCUT2D eigenvalue weighted by Crippen LogP contribution is 2.09. The predicted molar refractivity (Wildman–Crippen MR) is 74.9 cm³/mol. The molecule has 1 rings (SSSR count). The van der Waals surface area contributed by atoms with Gasteiger partial charge in [0.1, 0.15) is 5.60 Å². The van der Waals surface area contributed by atoms with Crippen molar-refractivity contribution in [3.63, 3.8) is 0 Å². The van der Waals surface area contributed by atoms with Gasteiger partial charge in [0, 0.05) is 31.4 Å². The highest BCUT2D eigenvalue weighted by atomic mass is 16.6. The third-order valence-corrected chi connectivity index (χ3v) is 2.43. The third-order valence-electron chi connectivity index (χ3n) is 2.43. The SMILES string of the molecule is CC(Cn1ccnc1)NC(=O)CCC(=O)OC(C)(C)C. The van der Waals surface area contributed by atoms with Crippen LogP contribution in [0.5, 0.6) is 0 Å². The predicted octanol–water partition coefficient (Wildman–Crippen LogP) is 1.51. The second-order valence-corrected chi connectivity index (χ2v) is 5.81. The minimum Gasteiger partial charge on any atom is -0.460 e. The zero-order chi connectivity index (χ0) is 15.2. The number of nitrogens with one attached hydrogen (secondary N) is 1. The molecule has 1 heterocycles. The fourth-order valence-corrected chi connectivity index (χ4v) is 1.71. The van der Waals surface area contributed by atoms with Gasteiger partial charge in [-0.2, -0.15) is 0 Å². The number of carbonyl (C=O) groups is 2. The summed E-state index contributed by atoms with van der Waals surface area (Å²) in [5, 5.41) is 2.84. The molecular weight excluding hydrogens is 258 g/mol. The molecule has 1 amide bonds. The van der Waals surface area contributed by atoms with Crippen LogP contribution in [0.15, 0.2) is 18.7 Å². The molecule has 1 unspecified atom stereocenters. The minimum atomic E-state index is -0.512. The normalized spacial score (nSPS) is 12.8. The Kier molecular flexibility index (Phi) is 5.73. The molecule has 0 saturated heterocycles. The lowest BCUT2D eigenvalue weighted by molar-refractivity contribution is -0.155. The van der Waals surface area contributed by atoms with Crippen molar-refractivity contribution in [1.82, 2.24) is 14.9 Å². The highest BCUT2D eigenvalue weighted by Gasteiger charge is 2.17. The summed E-state index contributed by atoms with van der Waals surface area (Å²) in [5.74, 6) is -0.501. The van der Waals surface area contributed by atoms with Crippen molar-refractivity contribution in [3.8, 4) is 0 Å². The van der Waals surface area contributed by atoms with Crippen LogP contribution in [-0.2, 0) is 20.9 Å². The van der Waals surface area contributed by atoms with Crippen LogP contribution in [0.3, 0.4) is 0 Å². The van der Waals surface area contributed by atoms with E-state index in [0.29, 0.717) is 6.54 Å². The van der Waals surface area contributed by atoms with Crippen LogP contribution in [0.25, 0.3) is 0 Å². The van der Waals surface area contributed by atoms with Crippen molar-refractivity contribution in [2.24, 2.45) is 0 Å². The van der Waals surface area contributed by atoms with Crippen molar-refractivity contribution in [2.75, 3.05) is 0 Å². The topological polar surface area (TPSA) is 73.2 Å². The summed E-state index contributed by atoms with van der Waals surface area (Å²) >= 11 is 0. The Morgan fingerprint density at radius 2 is 2.05 bits per heavy atom. The molecule has 1 atom stereocenters. The van der Waals surface area contributed by atoms with Gasteiger partial charge >= 0.3 is 5.97 Å². The molecular formula is C14H23N3O3. The monoisotopic (exact) mass is 281 g/mol. The van der Waals surface area contributed by atoms with E-state index in [9.17, 15) is 9.59 Å². The van der Waals surface area contributed by atoms with E-state index in [0.717, 1.165) is 0 Å². The Morgan fingerprint density at radius 3 is 2.60 bits per heavy atom. The molecule has 0 aliphatic carbocycles. The van der Waals surface area contributed by atoms with Crippen LogP contribution in [0.2, 0.25) is 0 Å². The van der Waals surface area contributed by atoms with Gasteiger partial charge in [-0.25, -0.2) is 4.98 Å². The number of hydrogen-bond donors (Lipinski definition) is 1. The molecule has 0 aliphatic rings. The molecule has 0 radical (unpaired) electrons. The number of carbonyl (C=O) groups excluding carboxylic acids is 2. The first kappa shape index (κ1) is 16.2. The fourth-order valence-electron chi connectivity index (χ4n) is 1.71. The van der Waals surface area contributed by atoms with Crippen LogP contribution in [-0.4, -0.2) is 33.1 Å². The summed E-state index contributed by atoms with van der Waals surface area (Å²) in [6.45, 7) is 7.97. The smallest absolute Gasteiger partial charge is 0.306 e. The zero-order valence-electron chi connectivity index (χ0n) is 12.5. The second kappa shape index (κ2) is 7.07. The van der Waals surface area contributed by atoms with Crippen LogP contribution in [0.4, 0.5) is 0 Å². The van der Waals surface area contributed by atoms with E-state index in [1.54, 1.807) is 33.3 Å². The molecule has 0 aliphatic heterocycles. The Bertz CT molecular complexity index is 435. The molecule has 1 aromatic heterocycles. The van der Waals surface area contributed by atoms with E-state index < -0.39 is 5.60 Å². The van der Waals surface area contributed by atoms with Gasteiger partial charge in [-0.3, -0.25) is 9.59 Å². The van der Waals surface area contributed by atoms with Crippen LogP contribution < -0.4 is 5.32 Å². The van der Waals surface area contributed by atoms with Crippen LogP contribution in [0, 0.1) is 0 Å². The van der Waals surface area contributed by atoms with Gasteiger partial charge in [0.25, 0.3) is 0 Å². The van der Waals surface area contributed by atoms with E-state index in [4.69, 9.17) is 4.74 Å².